The van der Waals surface area contributed by atoms with Gasteiger partial charge in [-0.3, -0.25) is 0 Å². The zero-order chi connectivity index (χ0) is 16.2. The van der Waals surface area contributed by atoms with Gasteiger partial charge in [0, 0.05) is 5.69 Å². The summed E-state index contributed by atoms with van der Waals surface area (Å²) < 4.78 is 43.3. The van der Waals surface area contributed by atoms with Gasteiger partial charge in [0.1, 0.15) is 11.5 Å². The van der Waals surface area contributed by atoms with Gasteiger partial charge in [0.25, 0.3) is 0 Å². The quantitative estimate of drug-likeness (QED) is 0.456. The van der Waals surface area contributed by atoms with Crippen molar-refractivity contribution in [2.75, 3.05) is 5.32 Å². The van der Waals surface area contributed by atoms with Gasteiger partial charge >= 0.3 is 6.18 Å². The molecule has 0 radical (unpaired) electrons. The van der Waals surface area contributed by atoms with E-state index in [0.29, 0.717) is 11.4 Å². The molecule has 0 saturated heterocycles. The van der Waals surface area contributed by atoms with E-state index in [1.807, 2.05) is 0 Å². The first-order chi connectivity index (χ1) is 10.4. The molecule has 0 amide bonds. The second-order valence-corrected chi connectivity index (χ2v) is 4.66. The molecular weight excluding hydrogens is 315 g/mol. The fourth-order valence-corrected chi connectivity index (χ4v) is 1.76. The number of hydrogen-bond acceptors (Lipinski definition) is 3. The van der Waals surface area contributed by atoms with Crippen LogP contribution in [0.25, 0.3) is 0 Å². The van der Waals surface area contributed by atoms with Gasteiger partial charge in [0.2, 0.25) is 0 Å². The second-order valence-electron chi connectivity index (χ2n) is 4.25. The molecule has 0 heterocycles. The van der Waals surface area contributed by atoms with Crippen LogP contribution in [0.4, 0.5) is 18.9 Å². The van der Waals surface area contributed by atoms with E-state index in [2.05, 4.69) is 10.7 Å². The van der Waals surface area contributed by atoms with Crippen molar-refractivity contribution >= 4 is 23.0 Å². The number of thiocarbonyl (C=S) groups is 1. The van der Waals surface area contributed by atoms with Crippen LogP contribution in [0.1, 0.15) is 5.56 Å². The van der Waals surface area contributed by atoms with E-state index in [9.17, 15) is 13.2 Å². The Morgan fingerprint density at radius 3 is 2.32 bits per heavy atom. The van der Waals surface area contributed by atoms with E-state index in [1.165, 1.54) is 12.1 Å². The molecule has 0 aliphatic carbocycles. The number of hydrogen-bond donors (Lipinski definition) is 3. The summed E-state index contributed by atoms with van der Waals surface area (Å²) >= 11 is 4.84. The van der Waals surface area contributed by atoms with Crippen molar-refractivity contribution in [3.05, 3.63) is 54.1 Å². The van der Waals surface area contributed by atoms with E-state index in [0.717, 1.165) is 12.1 Å². The van der Waals surface area contributed by atoms with Crippen molar-refractivity contribution in [1.29, 1.82) is 0 Å². The summed E-state index contributed by atoms with van der Waals surface area (Å²) in [4.78, 5) is 0. The predicted molar refractivity (Wildman–Crippen MR) is 81.5 cm³/mol. The maximum absolute atomic E-state index is 12.6. The molecule has 2 rings (SSSR count). The van der Waals surface area contributed by atoms with Gasteiger partial charge in [-0.05, 0) is 54.7 Å². The topological polar surface area (TPSA) is 59.3 Å². The molecule has 0 aliphatic heterocycles. The normalized spacial score (nSPS) is 10.9. The molecular formula is C14H12F3N3OS. The predicted octanol–water partition coefficient (Wildman–Crippen LogP) is 3.66. The zero-order valence-electron chi connectivity index (χ0n) is 11.1. The summed E-state index contributed by atoms with van der Waals surface area (Å²) in [7, 11) is 0. The largest absolute Gasteiger partial charge is 0.457 e. The monoisotopic (exact) mass is 327 g/mol. The first kappa shape index (κ1) is 16.1. The lowest BCUT2D eigenvalue weighted by Gasteiger charge is -2.11. The molecule has 0 fully saturated rings. The molecule has 0 unspecified atom stereocenters. The van der Waals surface area contributed by atoms with Crippen LogP contribution in [0.15, 0.2) is 48.5 Å². The Hall–Kier alpha value is -2.32. The van der Waals surface area contributed by atoms with Crippen LogP contribution < -0.4 is 21.3 Å². The van der Waals surface area contributed by atoms with E-state index >= 15 is 0 Å². The molecule has 8 heteroatoms. The molecule has 0 spiro atoms. The number of hydrazine groups is 1. The lowest BCUT2D eigenvalue weighted by molar-refractivity contribution is -0.137. The van der Waals surface area contributed by atoms with Gasteiger partial charge in [0.05, 0.1) is 5.56 Å². The molecule has 116 valence electrons. The van der Waals surface area contributed by atoms with Crippen molar-refractivity contribution in [3.63, 3.8) is 0 Å². The number of ether oxygens (including phenoxy) is 1. The van der Waals surface area contributed by atoms with Gasteiger partial charge in [-0.15, -0.1) is 0 Å². The molecule has 4 N–H and O–H groups in total. The maximum atomic E-state index is 12.6. The summed E-state index contributed by atoms with van der Waals surface area (Å²) in [6.07, 6.45) is -4.40. The van der Waals surface area contributed by atoms with Crippen LogP contribution in [-0.2, 0) is 6.18 Å². The van der Waals surface area contributed by atoms with E-state index in [4.69, 9.17) is 22.8 Å². The third-order valence-corrected chi connectivity index (χ3v) is 2.86. The summed E-state index contributed by atoms with van der Waals surface area (Å²) in [5.74, 6) is 5.64. The van der Waals surface area contributed by atoms with Crippen molar-refractivity contribution in [2.45, 2.75) is 6.18 Å². The summed E-state index contributed by atoms with van der Waals surface area (Å²) in [5.41, 5.74) is 2.18. The summed E-state index contributed by atoms with van der Waals surface area (Å²) in [5, 5.41) is 3.04. The Bertz CT molecular complexity index is 659. The Morgan fingerprint density at radius 1 is 1.05 bits per heavy atom. The number of nitrogens with two attached hydrogens (primary N) is 1. The van der Waals surface area contributed by atoms with Crippen LogP contribution >= 0.6 is 12.2 Å². The minimum Gasteiger partial charge on any atom is -0.457 e. The smallest absolute Gasteiger partial charge is 0.416 e. The molecule has 2 aromatic rings. The standard InChI is InChI=1S/C14H12F3N3OS/c15-14(16,17)9-2-1-3-12(8-9)21-11-6-4-10(5-7-11)19-13(22)20-18/h1-8H,18H2,(H2,19,20,22). The van der Waals surface area contributed by atoms with Gasteiger partial charge in [0.15, 0.2) is 5.11 Å². The lowest BCUT2D eigenvalue weighted by atomic mass is 10.2. The summed E-state index contributed by atoms with van der Waals surface area (Å²) in [6.45, 7) is 0. The number of anilines is 1. The average molecular weight is 327 g/mol. The van der Waals surface area contributed by atoms with Crippen LogP contribution in [0.5, 0.6) is 11.5 Å². The first-order valence-electron chi connectivity index (χ1n) is 6.11. The molecule has 4 nitrogen and oxygen atoms in total. The Morgan fingerprint density at radius 2 is 1.73 bits per heavy atom. The maximum Gasteiger partial charge on any atom is 0.416 e. The van der Waals surface area contributed by atoms with Gasteiger partial charge in [-0.25, -0.2) is 5.84 Å². The second kappa shape index (κ2) is 6.63. The Kier molecular flexibility index (Phi) is 4.84. The van der Waals surface area contributed by atoms with E-state index < -0.39 is 11.7 Å². The van der Waals surface area contributed by atoms with Crippen LogP contribution in [-0.4, -0.2) is 5.11 Å². The van der Waals surface area contributed by atoms with Crippen molar-refractivity contribution in [2.24, 2.45) is 5.84 Å². The number of rotatable bonds is 3. The minimum atomic E-state index is -4.40. The number of nitrogens with one attached hydrogen (secondary N) is 2. The third-order valence-electron chi connectivity index (χ3n) is 2.64. The third kappa shape index (κ3) is 4.34. The highest BCUT2D eigenvalue weighted by molar-refractivity contribution is 7.80. The van der Waals surface area contributed by atoms with Gasteiger partial charge < -0.3 is 15.5 Å². The zero-order valence-corrected chi connectivity index (χ0v) is 12.0. The summed E-state index contributed by atoms with van der Waals surface area (Å²) in [6, 6.07) is 11.2. The number of halogens is 3. The molecule has 0 atom stereocenters. The van der Waals surface area contributed by atoms with Crippen molar-refractivity contribution < 1.29 is 17.9 Å². The highest BCUT2D eigenvalue weighted by Crippen LogP contribution is 2.32. The lowest BCUT2D eigenvalue weighted by Crippen LogP contribution is -2.34. The Labute approximate surface area is 130 Å². The highest BCUT2D eigenvalue weighted by atomic mass is 32.1. The van der Waals surface area contributed by atoms with Crippen LogP contribution in [0.2, 0.25) is 0 Å². The van der Waals surface area contributed by atoms with Gasteiger partial charge in [-0.1, -0.05) is 6.07 Å². The number of alkyl halides is 3. The average Bonchev–Trinajstić information content (AvgIpc) is 2.48. The first-order valence-corrected chi connectivity index (χ1v) is 6.52. The SMILES string of the molecule is NNC(=S)Nc1ccc(Oc2cccc(C(F)(F)F)c2)cc1. The highest BCUT2D eigenvalue weighted by Gasteiger charge is 2.30. The van der Waals surface area contributed by atoms with Crippen LogP contribution in [0.3, 0.4) is 0 Å². The van der Waals surface area contributed by atoms with Crippen molar-refractivity contribution in [1.82, 2.24) is 5.43 Å². The molecule has 2 aromatic carbocycles. The van der Waals surface area contributed by atoms with Crippen molar-refractivity contribution in [3.8, 4) is 11.5 Å². The minimum absolute atomic E-state index is 0.106. The number of benzene rings is 2. The fraction of sp³-hybridized carbons (Fsp3) is 0.0714. The molecule has 0 aliphatic rings. The Balaban J connectivity index is 2.09. The molecule has 0 aromatic heterocycles. The van der Waals surface area contributed by atoms with Crippen LogP contribution in [0, 0.1) is 0 Å². The fourth-order valence-electron chi connectivity index (χ4n) is 1.65. The van der Waals surface area contributed by atoms with E-state index in [1.54, 1.807) is 24.3 Å². The molecule has 0 bridgehead atoms. The van der Waals surface area contributed by atoms with Gasteiger partial charge in [-0.2, -0.15) is 13.2 Å². The molecule has 0 saturated carbocycles. The van der Waals surface area contributed by atoms with E-state index in [-0.39, 0.29) is 10.9 Å². The molecule has 22 heavy (non-hydrogen) atoms.